The molecular weight excluding hydrogens is 406 g/mol. The minimum atomic E-state index is -0.316. The van der Waals surface area contributed by atoms with E-state index in [9.17, 15) is 0 Å². The van der Waals surface area contributed by atoms with E-state index in [1.54, 1.807) is 0 Å². The van der Waals surface area contributed by atoms with Crippen LogP contribution in [0.2, 0.25) is 0 Å². The Morgan fingerprint density at radius 3 is 2.66 bits per heavy atom. The Morgan fingerprint density at radius 2 is 1.84 bits per heavy atom. The number of rotatable bonds is 5. The lowest BCUT2D eigenvalue weighted by molar-refractivity contribution is -0.178. The third-order valence-electron chi connectivity index (χ3n) is 7.28. The van der Waals surface area contributed by atoms with Crippen molar-refractivity contribution in [1.29, 1.82) is 0 Å². The summed E-state index contributed by atoms with van der Waals surface area (Å²) in [6, 6.07) is 2.32. The van der Waals surface area contributed by atoms with Gasteiger partial charge in [0.1, 0.15) is 5.65 Å². The Bertz CT molecular complexity index is 1050. The molecule has 0 radical (unpaired) electrons. The number of H-pyrrole nitrogens is 1. The van der Waals surface area contributed by atoms with Gasteiger partial charge in [-0.05, 0) is 30.4 Å². The molecule has 6 rings (SSSR count). The van der Waals surface area contributed by atoms with Crippen molar-refractivity contribution in [2.75, 3.05) is 46.1 Å². The van der Waals surface area contributed by atoms with Gasteiger partial charge in [0.25, 0.3) is 0 Å². The van der Waals surface area contributed by atoms with E-state index < -0.39 is 0 Å². The Labute approximate surface area is 187 Å². The molecule has 32 heavy (non-hydrogen) atoms. The quantitative estimate of drug-likeness (QED) is 0.661. The van der Waals surface area contributed by atoms with Crippen LogP contribution in [-0.4, -0.2) is 76.5 Å². The summed E-state index contributed by atoms with van der Waals surface area (Å²) in [7, 11) is 0. The van der Waals surface area contributed by atoms with Gasteiger partial charge in [0, 0.05) is 67.6 Å². The zero-order valence-corrected chi connectivity index (χ0v) is 18.5. The minimum Gasteiger partial charge on any atom is -0.379 e. The summed E-state index contributed by atoms with van der Waals surface area (Å²) in [5, 5.41) is 5.78. The van der Waals surface area contributed by atoms with Crippen LogP contribution < -0.4 is 0 Å². The van der Waals surface area contributed by atoms with E-state index in [2.05, 4.69) is 33.4 Å². The highest BCUT2D eigenvalue weighted by Crippen LogP contribution is 2.43. The highest BCUT2D eigenvalue weighted by molar-refractivity contribution is 5.93. The number of pyridine rings is 1. The fourth-order valence-corrected chi connectivity index (χ4v) is 5.35. The summed E-state index contributed by atoms with van der Waals surface area (Å²) in [4.78, 5) is 10.5. The van der Waals surface area contributed by atoms with Crippen molar-refractivity contribution in [3.05, 3.63) is 36.4 Å². The predicted molar refractivity (Wildman–Crippen MR) is 120 cm³/mol. The number of aromatic nitrogens is 4. The van der Waals surface area contributed by atoms with Gasteiger partial charge < -0.3 is 19.2 Å². The second-order valence-electron chi connectivity index (χ2n) is 9.20. The smallest absolute Gasteiger partial charge is 0.168 e. The predicted octanol–water partition coefficient (Wildman–Crippen LogP) is 3.16. The molecule has 0 bridgehead atoms. The van der Waals surface area contributed by atoms with Crippen LogP contribution in [0.25, 0.3) is 22.2 Å². The first-order chi connectivity index (χ1) is 15.8. The summed E-state index contributed by atoms with van der Waals surface area (Å²) in [5.41, 5.74) is 4.54. The van der Waals surface area contributed by atoms with Crippen LogP contribution in [0.4, 0.5) is 0 Å². The Morgan fingerprint density at radius 1 is 1.03 bits per heavy atom. The van der Waals surface area contributed by atoms with Crippen LogP contribution in [0, 0.1) is 0 Å². The lowest BCUT2D eigenvalue weighted by Gasteiger charge is -2.35. The highest BCUT2D eigenvalue weighted by atomic mass is 16.7. The number of morpholine rings is 1. The molecule has 3 aliphatic rings. The maximum absolute atomic E-state index is 5.90. The van der Waals surface area contributed by atoms with Gasteiger partial charge in [-0.3, -0.25) is 9.58 Å². The molecule has 0 unspecified atom stereocenters. The fourth-order valence-electron chi connectivity index (χ4n) is 5.35. The van der Waals surface area contributed by atoms with Crippen LogP contribution >= 0.6 is 0 Å². The van der Waals surface area contributed by atoms with Crippen LogP contribution in [0.5, 0.6) is 0 Å². The maximum atomic E-state index is 5.90. The zero-order chi connectivity index (χ0) is 21.4. The molecule has 3 fully saturated rings. The topological polar surface area (TPSA) is 77.4 Å². The van der Waals surface area contributed by atoms with E-state index in [1.807, 2.05) is 17.1 Å². The number of fused-ring (bicyclic) bond motifs is 1. The molecule has 3 aromatic rings. The molecule has 2 aliphatic heterocycles. The molecule has 0 amide bonds. The van der Waals surface area contributed by atoms with Gasteiger partial charge >= 0.3 is 0 Å². The van der Waals surface area contributed by atoms with Crippen LogP contribution in [0.3, 0.4) is 0 Å². The van der Waals surface area contributed by atoms with E-state index in [1.165, 1.54) is 16.5 Å². The number of hydrogen-bond acceptors (Lipinski definition) is 6. The monoisotopic (exact) mass is 437 g/mol. The first kappa shape index (κ1) is 20.4. The van der Waals surface area contributed by atoms with Crippen molar-refractivity contribution in [2.45, 2.75) is 43.9 Å². The molecular formula is C24H31N5O3. The van der Waals surface area contributed by atoms with Crippen molar-refractivity contribution >= 4 is 11.0 Å². The van der Waals surface area contributed by atoms with Gasteiger partial charge in [0.05, 0.1) is 39.2 Å². The van der Waals surface area contributed by atoms with Crippen LogP contribution in [0.1, 0.15) is 37.2 Å². The van der Waals surface area contributed by atoms with Crippen LogP contribution in [-0.2, 0) is 20.8 Å². The molecule has 1 spiro atoms. The molecule has 3 aromatic heterocycles. The van der Waals surface area contributed by atoms with Gasteiger partial charge in [-0.25, -0.2) is 4.98 Å². The second-order valence-corrected chi connectivity index (χ2v) is 9.20. The van der Waals surface area contributed by atoms with Crippen molar-refractivity contribution < 1.29 is 14.2 Å². The lowest BCUT2D eigenvalue weighted by atomic mass is 9.81. The van der Waals surface area contributed by atoms with E-state index in [4.69, 9.17) is 19.2 Å². The van der Waals surface area contributed by atoms with Crippen molar-refractivity contribution in [1.82, 2.24) is 24.6 Å². The van der Waals surface area contributed by atoms with E-state index >= 15 is 0 Å². The molecule has 8 heteroatoms. The molecule has 1 saturated carbocycles. The number of hydrogen-bond donors (Lipinski definition) is 1. The number of nitrogens with one attached hydrogen (secondary N) is 1. The molecule has 1 N–H and O–H groups in total. The molecule has 170 valence electrons. The lowest BCUT2D eigenvalue weighted by Crippen LogP contribution is -2.38. The zero-order valence-electron chi connectivity index (χ0n) is 18.5. The SMILES string of the molecule is c1nn(CCN2CCOCC2)cc1-c1c[nH]c2ncc(C3CCC4(CC3)OCCO4)cc12. The first-order valence-electron chi connectivity index (χ1n) is 11.9. The third-order valence-corrected chi connectivity index (χ3v) is 7.28. The highest BCUT2D eigenvalue weighted by Gasteiger charge is 2.40. The molecule has 5 heterocycles. The Balaban J connectivity index is 1.17. The van der Waals surface area contributed by atoms with Gasteiger partial charge in [0.15, 0.2) is 5.79 Å². The molecule has 0 atom stereocenters. The molecule has 8 nitrogen and oxygen atoms in total. The number of aromatic amines is 1. The largest absolute Gasteiger partial charge is 0.379 e. The van der Waals surface area contributed by atoms with Crippen LogP contribution in [0.15, 0.2) is 30.9 Å². The van der Waals surface area contributed by atoms with Gasteiger partial charge in [0.2, 0.25) is 0 Å². The molecule has 0 aromatic carbocycles. The van der Waals surface area contributed by atoms with E-state index in [-0.39, 0.29) is 5.79 Å². The maximum Gasteiger partial charge on any atom is 0.168 e. The number of ether oxygens (including phenoxy) is 3. The molecule has 1 aliphatic carbocycles. The van der Waals surface area contributed by atoms with Gasteiger partial charge in [-0.1, -0.05) is 0 Å². The second kappa shape index (κ2) is 8.59. The third kappa shape index (κ3) is 3.96. The first-order valence-corrected chi connectivity index (χ1v) is 11.9. The summed E-state index contributed by atoms with van der Waals surface area (Å²) < 4.78 is 19.3. The van der Waals surface area contributed by atoms with Crippen molar-refractivity contribution in [2.24, 2.45) is 0 Å². The van der Waals surface area contributed by atoms with Gasteiger partial charge in [-0.2, -0.15) is 5.10 Å². The average Bonchev–Trinajstić information content (AvgIpc) is 3.58. The summed E-state index contributed by atoms with van der Waals surface area (Å²) in [6.07, 6.45) is 12.3. The normalized spacial score (nSPS) is 22.2. The summed E-state index contributed by atoms with van der Waals surface area (Å²) in [6.45, 7) is 7.02. The van der Waals surface area contributed by atoms with E-state index in [0.717, 1.165) is 89.5 Å². The standard InChI is InChI=1S/C24H31N5O3/c1-3-24(31-11-12-32-24)4-2-18(1)19-13-21-22(16-26-23(21)25-14-19)20-15-27-29(17-20)6-5-28-7-9-30-10-8-28/h13-18H,1-12H2,(H,25,26). The Hall–Kier alpha value is -2.26. The Kier molecular flexibility index (Phi) is 5.46. The van der Waals surface area contributed by atoms with Gasteiger partial charge in [-0.15, -0.1) is 0 Å². The summed E-state index contributed by atoms with van der Waals surface area (Å²) >= 11 is 0. The van der Waals surface area contributed by atoms with Crippen molar-refractivity contribution in [3.63, 3.8) is 0 Å². The molecule has 2 saturated heterocycles. The summed E-state index contributed by atoms with van der Waals surface area (Å²) in [5.74, 6) is 0.188. The van der Waals surface area contributed by atoms with E-state index in [0.29, 0.717) is 5.92 Å². The average molecular weight is 438 g/mol. The number of nitrogens with zero attached hydrogens (tertiary/aromatic N) is 4. The van der Waals surface area contributed by atoms with Crippen molar-refractivity contribution in [3.8, 4) is 11.1 Å². The fraction of sp³-hybridized carbons (Fsp3) is 0.583. The minimum absolute atomic E-state index is 0.316.